The van der Waals surface area contributed by atoms with Gasteiger partial charge >= 0.3 is 0 Å². The van der Waals surface area contributed by atoms with Gasteiger partial charge in [-0.1, -0.05) is 12.1 Å². The Labute approximate surface area is 144 Å². The minimum Gasteiger partial charge on any atom is -0.497 e. The number of nitrogens with zero attached hydrogens (tertiary/aromatic N) is 2. The fourth-order valence-electron chi connectivity index (χ4n) is 2.31. The van der Waals surface area contributed by atoms with Crippen LogP contribution < -0.4 is 21.1 Å². The van der Waals surface area contributed by atoms with Gasteiger partial charge in [0.2, 0.25) is 0 Å². The van der Waals surface area contributed by atoms with E-state index in [0.29, 0.717) is 23.9 Å². The van der Waals surface area contributed by atoms with Gasteiger partial charge in [-0.05, 0) is 29.8 Å². The summed E-state index contributed by atoms with van der Waals surface area (Å²) < 4.78 is 5.13. The zero-order chi connectivity index (χ0) is 17.6. The number of ether oxygens (including phenoxy) is 1. The number of carbonyl (C=O) groups is 1. The fraction of sp³-hybridized carbons (Fsp3) is 0.118. The molecule has 1 aromatic carbocycles. The van der Waals surface area contributed by atoms with Gasteiger partial charge in [-0.25, -0.2) is 0 Å². The molecule has 3 aromatic rings. The molecule has 0 aliphatic rings. The number of primary amides is 1. The minimum absolute atomic E-state index is 0.261. The molecule has 0 saturated heterocycles. The normalized spacial score (nSPS) is 10.3. The molecule has 0 saturated carbocycles. The van der Waals surface area contributed by atoms with E-state index < -0.39 is 5.91 Å². The number of benzene rings is 1. The quantitative estimate of drug-likeness (QED) is 0.525. The Morgan fingerprint density at radius 2 is 2.08 bits per heavy atom. The maximum atomic E-state index is 11.8. The van der Waals surface area contributed by atoms with Crippen molar-refractivity contribution < 1.29 is 9.53 Å². The Bertz CT molecular complexity index is 845. The van der Waals surface area contributed by atoms with E-state index in [1.165, 1.54) is 0 Å². The largest absolute Gasteiger partial charge is 0.497 e. The summed E-state index contributed by atoms with van der Waals surface area (Å²) in [4.78, 5) is 15.8. The summed E-state index contributed by atoms with van der Waals surface area (Å²) >= 11 is 0. The number of amides is 1. The number of aromatic amines is 1. The first-order valence-corrected chi connectivity index (χ1v) is 7.59. The molecule has 0 spiro atoms. The van der Waals surface area contributed by atoms with Crippen molar-refractivity contribution in [3.63, 3.8) is 0 Å². The van der Waals surface area contributed by atoms with Gasteiger partial charge in [-0.3, -0.25) is 14.9 Å². The van der Waals surface area contributed by atoms with Crippen molar-refractivity contribution in [1.29, 1.82) is 0 Å². The van der Waals surface area contributed by atoms with Crippen LogP contribution in [0.5, 0.6) is 5.75 Å². The number of anilines is 3. The van der Waals surface area contributed by atoms with E-state index in [-0.39, 0.29) is 5.56 Å². The van der Waals surface area contributed by atoms with Crippen molar-refractivity contribution in [3.05, 3.63) is 59.9 Å². The third kappa shape index (κ3) is 3.86. The van der Waals surface area contributed by atoms with Crippen molar-refractivity contribution in [2.75, 3.05) is 17.7 Å². The van der Waals surface area contributed by atoms with Gasteiger partial charge in [0.25, 0.3) is 5.91 Å². The van der Waals surface area contributed by atoms with Gasteiger partial charge in [0.1, 0.15) is 17.1 Å². The van der Waals surface area contributed by atoms with Crippen molar-refractivity contribution >= 4 is 23.2 Å². The van der Waals surface area contributed by atoms with E-state index in [1.54, 1.807) is 25.6 Å². The highest BCUT2D eigenvalue weighted by atomic mass is 16.5. The monoisotopic (exact) mass is 338 g/mol. The molecule has 0 aliphatic carbocycles. The average Bonchev–Trinajstić information content (AvgIpc) is 3.04. The highest BCUT2D eigenvalue weighted by Crippen LogP contribution is 2.24. The lowest BCUT2D eigenvalue weighted by atomic mass is 10.2. The summed E-state index contributed by atoms with van der Waals surface area (Å²) in [7, 11) is 1.62. The molecule has 0 radical (unpaired) electrons. The summed E-state index contributed by atoms with van der Waals surface area (Å²) in [5, 5.41) is 13.1. The Morgan fingerprint density at radius 3 is 2.72 bits per heavy atom. The second-order valence-electron chi connectivity index (χ2n) is 5.25. The minimum atomic E-state index is -0.586. The predicted molar refractivity (Wildman–Crippen MR) is 94.9 cm³/mol. The first-order valence-electron chi connectivity index (χ1n) is 7.59. The number of hydrogen-bond donors (Lipinski definition) is 4. The number of H-pyrrole nitrogens is 1. The number of methoxy groups -OCH3 is 1. The van der Waals surface area contributed by atoms with Crippen LogP contribution >= 0.6 is 0 Å². The molecule has 2 heterocycles. The van der Waals surface area contributed by atoms with Crippen molar-refractivity contribution in [2.24, 2.45) is 5.73 Å². The topological polar surface area (TPSA) is 118 Å². The smallest absolute Gasteiger partial charge is 0.256 e. The Hall–Kier alpha value is -3.55. The highest BCUT2D eigenvalue weighted by molar-refractivity contribution is 6.03. The van der Waals surface area contributed by atoms with E-state index in [2.05, 4.69) is 25.8 Å². The molecule has 25 heavy (non-hydrogen) atoms. The molecule has 0 atom stereocenters. The van der Waals surface area contributed by atoms with Gasteiger partial charge in [-0.15, -0.1) is 0 Å². The predicted octanol–water partition coefficient (Wildman–Crippen LogP) is 2.27. The number of hydrogen-bond acceptors (Lipinski definition) is 6. The highest BCUT2D eigenvalue weighted by Gasteiger charge is 2.18. The van der Waals surface area contributed by atoms with Crippen LogP contribution in [-0.4, -0.2) is 28.2 Å². The molecule has 0 fully saturated rings. The van der Waals surface area contributed by atoms with Crippen molar-refractivity contribution in [1.82, 2.24) is 15.2 Å². The van der Waals surface area contributed by atoms with E-state index in [4.69, 9.17) is 10.5 Å². The summed E-state index contributed by atoms with van der Waals surface area (Å²) in [5.41, 5.74) is 7.50. The third-order valence-corrected chi connectivity index (χ3v) is 3.57. The number of pyridine rings is 1. The molecule has 3 rings (SSSR count). The first-order chi connectivity index (χ1) is 12.2. The van der Waals surface area contributed by atoms with Crippen LogP contribution in [0.15, 0.2) is 48.8 Å². The average molecular weight is 338 g/mol. The summed E-state index contributed by atoms with van der Waals surface area (Å²) in [6, 6.07) is 11.2. The Balaban J connectivity index is 1.75. The lowest BCUT2D eigenvalue weighted by Crippen LogP contribution is -2.15. The van der Waals surface area contributed by atoms with Crippen molar-refractivity contribution in [2.45, 2.75) is 6.54 Å². The first kappa shape index (κ1) is 16.3. The molecule has 0 unspecified atom stereocenters. The van der Waals surface area contributed by atoms with E-state index in [1.807, 2.05) is 30.3 Å². The number of rotatable bonds is 7. The van der Waals surface area contributed by atoms with E-state index in [0.717, 1.165) is 11.3 Å². The van der Waals surface area contributed by atoms with E-state index in [9.17, 15) is 4.79 Å². The second-order valence-corrected chi connectivity index (χ2v) is 5.25. The van der Waals surface area contributed by atoms with Crippen LogP contribution in [0.4, 0.5) is 17.3 Å². The maximum absolute atomic E-state index is 11.8. The fourth-order valence-corrected chi connectivity index (χ4v) is 2.31. The number of aromatic nitrogens is 3. The number of nitrogens with one attached hydrogen (secondary N) is 3. The third-order valence-electron chi connectivity index (χ3n) is 3.57. The molecule has 0 bridgehead atoms. The van der Waals surface area contributed by atoms with Gasteiger partial charge < -0.3 is 21.1 Å². The second kappa shape index (κ2) is 7.35. The molecule has 5 N–H and O–H groups in total. The molecular weight excluding hydrogens is 320 g/mol. The molecule has 8 heteroatoms. The van der Waals surface area contributed by atoms with Gasteiger partial charge in [0, 0.05) is 12.7 Å². The Kier molecular flexibility index (Phi) is 4.79. The van der Waals surface area contributed by atoms with E-state index >= 15 is 0 Å². The maximum Gasteiger partial charge on any atom is 0.256 e. The standard InChI is InChI=1S/C17H18N6O2/c1-25-13-6-4-11(5-7-13)9-20-16-14(15(18)24)17(23-22-16)21-12-3-2-8-19-10-12/h2-8,10H,9H2,1H3,(H2,18,24)(H3,20,21,22,23). The molecule has 1 amide bonds. The SMILES string of the molecule is COc1ccc(CNc2[nH]nc(Nc3cccnc3)c2C(N)=O)cc1. The van der Waals surface area contributed by atoms with Crippen LogP contribution in [0, 0.1) is 0 Å². The van der Waals surface area contributed by atoms with Gasteiger partial charge in [-0.2, -0.15) is 5.10 Å². The molecule has 128 valence electrons. The van der Waals surface area contributed by atoms with Crippen LogP contribution in [-0.2, 0) is 6.54 Å². The zero-order valence-corrected chi connectivity index (χ0v) is 13.6. The van der Waals surface area contributed by atoms with Gasteiger partial charge in [0.05, 0.1) is 19.0 Å². The summed E-state index contributed by atoms with van der Waals surface area (Å²) in [6.45, 7) is 0.499. The van der Waals surface area contributed by atoms with Crippen LogP contribution in [0.3, 0.4) is 0 Å². The molecule has 0 aliphatic heterocycles. The van der Waals surface area contributed by atoms with Crippen molar-refractivity contribution in [3.8, 4) is 5.75 Å². The van der Waals surface area contributed by atoms with Gasteiger partial charge in [0.15, 0.2) is 5.82 Å². The van der Waals surface area contributed by atoms with Crippen LogP contribution in [0.1, 0.15) is 15.9 Å². The van der Waals surface area contributed by atoms with Crippen LogP contribution in [0.2, 0.25) is 0 Å². The number of nitrogens with two attached hydrogens (primary N) is 1. The van der Waals surface area contributed by atoms with Crippen LogP contribution in [0.25, 0.3) is 0 Å². The molecule has 2 aromatic heterocycles. The lowest BCUT2D eigenvalue weighted by molar-refractivity contribution is 0.100. The lowest BCUT2D eigenvalue weighted by Gasteiger charge is -2.08. The molecular formula is C17H18N6O2. The molecule has 8 nitrogen and oxygen atoms in total. The number of carbonyl (C=O) groups excluding carboxylic acids is 1. The summed E-state index contributed by atoms with van der Waals surface area (Å²) in [5.74, 6) is 0.996. The Morgan fingerprint density at radius 1 is 1.28 bits per heavy atom. The summed E-state index contributed by atoms with van der Waals surface area (Å²) in [6.07, 6.45) is 3.29. The zero-order valence-electron chi connectivity index (χ0n) is 13.6.